The Balaban J connectivity index is 1.71. The van der Waals surface area contributed by atoms with Gasteiger partial charge < -0.3 is 14.6 Å². The molecule has 4 aromatic carbocycles. The van der Waals surface area contributed by atoms with Crippen LogP contribution in [0, 0.1) is 12.8 Å². The number of carbonyl (C=O) groups excluding carboxylic acids is 2. The summed E-state index contributed by atoms with van der Waals surface area (Å²) in [7, 11) is 1.55. The summed E-state index contributed by atoms with van der Waals surface area (Å²) in [6, 6.07) is 25.0. The number of hydrogen-bond donors (Lipinski definition) is 1. The van der Waals surface area contributed by atoms with Crippen LogP contribution in [0.2, 0.25) is 0 Å². The average Bonchev–Trinajstić information content (AvgIpc) is 3.21. The number of hydrogen-bond acceptors (Lipinski definition) is 5. The van der Waals surface area contributed by atoms with E-state index in [0.717, 1.165) is 21.9 Å². The lowest BCUT2D eigenvalue weighted by Gasteiger charge is -2.27. The molecule has 0 aliphatic carbocycles. The van der Waals surface area contributed by atoms with Gasteiger partial charge >= 0.3 is 0 Å². The number of Topliss-reactive ketones (excluding diaryl/α,β-unsaturated/α-hetero) is 1. The fourth-order valence-corrected chi connectivity index (χ4v) is 5.01. The highest BCUT2D eigenvalue weighted by molar-refractivity contribution is 6.52. The first-order valence-electron chi connectivity index (χ1n) is 13.0. The Kier molecular flexibility index (Phi) is 7.11. The van der Waals surface area contributed by atoms with Gasteiger partial charge in [-0.2, -0.15) is 0 Å². The maximum absolute atomic E-state index is 13.6. The van der Waals surface area contributed by atoms with Crippen LogP contribution in [0.4, 0.5) is 5.69 Å². The van der Waals surface area contributed by atoms with Gasteiger partial charge in [0.15, 0.2) is 0 Å². The van der Waals surface area contributed by atoms with E-state index in [4.69, 9.17) is 9.47 Å². The number of ketones is 1. The maximum atomic E-state index is 13.6. The van der Waals surface area contributed by atoms with E-state index in [2.05, 4.69) is 13.8 Å². The Morgan fingerprint density at radius 2 is 1.69 bits per heavy atom. The van der Waals surface area contributed by atoms with Crippen molar-refractivity contribution in [3.05, 3.63) is 107 Å². The standard InChI is InChI=1S/C33H31NO5/c1-20(2)19-39-28-16-15-23(17-21(28)3)31(35)29-30(27-14-7-10-22-9-5-6-13-26(22)27)34(33(37)32(29)36)24-11-8-12-25(18-24)38-4/h5-18,20,30,35H,19H2,1-4H3/b31-29-. The average molecular weight is 522 g/mol. The van der Waals surface area contributed by atoms with Gasteiger partial charge in [0.05, 0.1) is 25.3 Å². The molecule has 39 heavy (non-hydrogen) atoms. The van der Waals surface area contributed by atoms with Crippen molar-refractivity contribution in [3.63, 3.8) is 0 Å². The van der Waals surface area contributed by atoms with Gasteiger partial charge in [0.25, 0.3) is 11.7 Å². The minimum Gasteiger partial charge on any atom is -0.507 e. The van der Waals surface area contributed by atoms with E-state index in [1.54, 1.807) is 49.6 Å². The Morgan fingerprint density at radius 3 is 2.44 bits per heavy atom. The van der Waals surface area contributed by atoms with Crippen molar-refractivity contribution in [1.82, 2.24) is 0 Å². The third-order valence-electron chi connectivity index (χ3n) is 6.91. The molecule has 4 aromatic rings. The van der Waals surface area contributed by atoms with Crippen molar-refractivity contribution >= 4 is 33.9 Å². The normalized spacial score (nSPS) is 16.7. The van der Waals surface area contributed by atoms with Crippen molar-refractivity contribution in [3.8, 4) is 11.5 Å². The minimum atomic E-state index is -0.847. The lowest BCUT2D eigenvalue weighted by molar-refractivity contribution is -0.132. The molecule has 198 valence electrons. The minimum absolute atomic E-state index is 0.0365. The highest BCUT2D eigenvalue weighted by Gasteiger charge is 2.47. The van der Waals surface area contributed by atoms with E-state index in [-0.39, 0.29) is 11.3 Å². The fourth-order valence-electron chi connectivity index (χ4n) is 5.01. The molecule has 1 aliphatic heterocycles. The second-order valence-electron chi connectivity index (χ2n) is 10.1. The number of aliphatic hydroxyl groups excluding tert-OH is 1. The Hall–Kier alpha value is -4.58. The molecular formula is C33H31NO5. The van der Waals surface area contributed by atoms with Crippen molar-refractivity contribution < 1.29 is 24.2 Å². The molecule has 1 heterocycles. The molecule has 1 saturated heterocycles. The number of ether oxygens (including phenoxy) is 2. The molecule has 1 N–H and O–H groups in total. The molecule has 1 fully saturated rings. The molecular weight excluding hydrogens is 490 g/mol. The molecule has 6 nitrogen and oxygen atoms in total. The molecule has 0 radical (unpaired) electrons. The number of amides is 1. The monoisotopic (exact) mass is 521 g/mol. The van der Waals surface area contributed by atoms with Gasteiger partial charge in [-0.15, -0.1) is 0 Å². The van der Waals surface area contributed by atoms with Gasteiger partial charge in [-0.1, -0.05) is 62.4 Å². The van der Waals surface area contributed by atoms with Crippen LogP contribution in [-0.2, 0) is 9.59 Å². The third-order valence-corrected chi connectivity index (χ3v) is 6.91. The summed E-state index contributed by atoms with van der Waals surface area (Å²) in [5.74, 6) is -0.0512. The Morgan fingerprint density at radius 1 is 0.949 bits per heavy atom. The van der Waals surface area contributed by atoms with Gasteiger partial charge in [-0.25, -0.2) is 0 Å². The lowest BCUT2D eigenvalue weighted by atomic mass is 9.91. The van der Waals surface area contributed by atoms with E-state index < -0.39 is 17.7 Å². The van der Waals surface area contributed by atoms with Crippen molar-refractivity contribution in [2.45, 2.75) is 26.8 Å². The van der Waals surface area contributed by atoms with Crippen LogP contribution < -0.4 is 14.4 Å². The van der Waals surface area contributed by atoms with E-state index in [1.165, 1.54) is 4.90 Å². The molecule has 1 atom stereocenters. The predicted octanol–water partition coefficient (Wildman–Crippen LogP) is 6.82. The molecule has 0 aromatic heterocycles. The van der Waals surface area contributed by atoms with Gasteiger partial charge in [0.2, 0.25) is 0 Å². The number of aliphatic hydroxyl groups is 1. The van der Waals surface area contributed by atoms with Crippen molar-refractivity contribution in [2.75, 3.05) is 18.6 Å². The zero-order valence-electron chi connectivity index (χ0n) is 22.5. The zero-order chi connectivity index (χ0) is 27.7. The highest BCUT2D eigenvalue weighted by atomic mass is 16.5. The maximum Gasteiger partial charge on any atom is 0.300 e. The number of benzene rings is 4. The van der Waals surface area contributed by atoms with Crippen LogP contribution in [0.1, 0.15) is 36.6 Å². The Bertz CT molecular complexity index is 1600. The van der Waals surface area contributed by atoms with Crippen LogP contribution in [0.15, 0.2) is 90.5 Å². The van der Waals surface area contributed by atoms with E-state index in [0.29, 0.717) is 35.3 Å². The van der Waals surface area contributed by atoms with E-state index in [1.807, 2.05) is 49.4 Å². The van der Waals surface area contributed by atoms with Crippen LogP contribution in [0.25, 0.3) is 16.5 Å². The summed E-state index contributed by atoms with van der Waals surface area (Å²) in [5.41, 5.74) is 2.54. The summed E-state index contributed by atoms with van der Waals surface area (Å²) >= 11 is 0. The molecule has 0 bridgehead atoms. The lowest BCUT2D eigenvalue weighted by Crippen LogP contribution is -2.29. The Labute approximate surface area is 228 Å². The van der Waals surface area contributed by atoms with Crippen LogP contribution in [0.5, 0.6) is 11.5 Å². The first-order valence-corrected chi connectivity index (χ1v) is 13.0. The van der Waals surface area contributed by atoms with Gasteiger partial charge in [0, 0.05) is 17.3 Å². The summed E-state index contributed by atoms with van der Waals surface area (Å²) in [6.07, 6.45) is 0. The van der Waals surface area contributed by atoms with Crippen LogP contribution in [-0.4, -0.2) is 30.5 Å². The topological polar surface area (TPSA) is 76.1 Å². The summed E-state index contributed by atoms with van der Waals surface area (Å²) in [6.45, 7) is 6.61. The second-order valence-corrected chi connectivity index (χ2v) is 10.1. The SMILES string of the molecule is COc1cccc(N2C(=O)C(=O)/C(=C(\O)c3ccc(OCC(C)C)c(C)c3)C2c2cccc3ccccc23)c1. The first kappa shape index (κ1) is 26.0. The smallest absolute Gasteiger partial charge is 0.300 e. The summed E-state index contributed by atoms with van der Waals surface area (Å²) in [4.78, 5) is 28.7. The zero-order valence-corrected chi connectivity index (χ0v) is 22.5. The highest BCUT2D eigenvalue weighted by Crippen LogP contribution is 2.45. The predicted molar refractivity (Wildman–Crippen MR) is 153 cm³/mol. The fraction of sp³-hybridized carbons (Fsp3) is 0.212. The molecule has 0 spiro atoms. The molecule has 5 rings (SSSR count). The van der Waals surface area contributed by atoms with Gasteiger partial charge in [-0.05, 0) is 65.1 Å². The van der Waals surface area contributed by atoms with E-state index in [9.17, 15) is 14.7 Å². The quantitative estimate of drug-likeness (QED) is 0.164. The van der Waals surface area contributed by atoms with Gasteiger partial charge in [0.1, 0.15) is 17.3 Å². The van der Waals surface area contributed by atoms with Crippen molar-refractivity contribution in [1.29, 1.82) is 0 Å². The molecule has 6 heteroatoms. The molecule has 1 unspecified atom stereocenters. The molecule has 1 aliphatic rings. The van der Waals surface area contributed by atoms with Gasteiger partial charge in [-0.3, -0.25) is 14.5 Å². The molecule has 1 amide bonds. The largest absolute Gasteiger partial charge is 0.507 e. The third kappa shape index (κ3) is 4.86. The second kappa shape index (κ2) is 10.7. The first-order chi connectivity index (χ1) is 18.8. The van der Waals surface area contributed by atoms with E-state index >= 15 is 0 Å². The number of nitrogens with zero attached hydrogens (tertiary/aromatic N) is 1. The summed E-state index contributed by atoms with van der Waals surface area (Å²) < 4.78 is 11.3. The van der Waals surface area contributed by atoms with Crippen LogP contribution in [0.3, 0.4) is 0 Å². The number of methoxy groups -OCH3 is 1. The number of carbonyl (C=O) groups is 2. The van der Waals surface area contributed by atoms with Crippen molar-refractivity contribution in [2.24, 2.45) is 5.92 Å². The number of aryl methyl sites for hydroxylation is 1. The number of rotatable bonds is 7. The number of anilines is 1. The van der Waals surface area contributed by atoms with Crippen LogP contribution >= 0.6 is 0 Å². The molecule has 0 saturated carbocycles. The summed E-state index contributed by atoms with van der Waals surface area (Å²) in [5, 5.41) is 13.5. The number of fused-ring (bicyclic) bond motifs is 1.